The normalized spacial score (nSPS) is 18.9. The molecule has 3 atom stereocenters. The van der Waals surface area contributed by atoms with Crippen LogP contribution in [0.3, 0.4) is 0 Å². The molecule has 0 saturated carbocycles. The maximum Gasteiger partial charge on any atom is 0.416 e. The Morgan fingerprint density at radius 1 is 1.14 bits per heavy atom. The molecule has 196 valence electrons. The molecule has 3 aromatic rings. The number of aromatic nitrogens is 2. The van der Waals surface area contributed by atoms with Gasteiger partial charge in [-0.15, -0.1) is 0 Å². The Bertz CT molecular complexity index is 1240. The van der Waals surface area contributed by atoms with Gasteiger partial charge in [0.05, 0.1) is 23.8 Å². The number of alkyl halides is 3. The number of morpholine rings is 1. The number of carbonyl (C=O) groups is 1. The molecule has 1 fully saturated rings. The Labute approximate surface area is 213 Å². The molecular formula is C27H30F3N5O2. The lowest BCUT2D eigenvalue weighted by atomic mass is 9.95. The van der Waals surface area contributed by atoms with Crippen LogP contribution in [-0.4, -0.2) is 41.2 Å². The molecule has 0 radical (unpaired) electrons. The summed E-state index contributed by atoms with van der Waals surface area (Å²) in [6, 6.07) is 11.8. The number of hydrogen-bond donors (Lipinski definition) is 2. The standard InChI is InChI=1S/C27H30F3N5O2/c1-16-14-35(15-17(2)37-16)26-32-11-10-24(34-26)25(36)33-18(3)19-4-6-20(7-5-19)23-12-22(27(28,29)30)9-8-21(23)13-31/h4-12,16-18H,13-15,31H2,1-3H3,(H,33,36)/t16-,17-,18-/m1/s1. The molecular weight excluding hydrogens is 483 g/mol. The van der Waals surface area contributed by atoms with Gasteiger partial charge in [-0.3, -0.25) is 4.79 Å². The molecule has 0 spiro atoms. The minimum Gasteiger partial charge on any atom is -0.372 e. The van der Waals surface area contributed by atoms with Crippen LogP contribution >= 0.6 is 0 Å². The second-order valence-electron chi connectivity index (χ2n) is 9.30. The number of ether oxygens (including phenoxy) is 1. The third-order valence-corrected chi connectivity index (χ3v) is 6.30. The van der Waals surface area contributed by atoms with Gasteiger partial charge < -0.3 is 20.7 Å². The van der Waals surface area contributed by atoms with Gasteiger partial charge in [0, 0.05) is 25.8 Å². The molecule has 2 aromatic carbocycles. The highest BCUT2D eigenvalue weighted by molar-refractivity contribution is 5.92. The van der Waals surface area contributed by atoms with Gasteiger partial charge in [-0.1, -0.05) is 30.3 Å². The smallest absolute Gasteiger partial charge is 0.372 e. The van der Waals surface area contributed by atoms with Gasteiger partial charge in [0.1, 0.15) is 5.69 Å². The van der Waals surface area contributed by atoms with Gasteiger partial charge >= 0.3 is 6.18 Å². The monoisotopic (exact) mass is 513 g/mol. The molecule has 4 rings (SSSR count). The first-order valence-electron chi connectivity index (χ1n) is 12.1. The van der Waals surface area contributed by atoms with Gasteiger partial charge in [-0.2, -0.15) is 13.2 Å². The van der Waals surface area contributed by atoms with E-state index < -0.39 is 11.7 Å². The zero-order chi connectivity index (χ0) is 26.7. The third-order valence-electron chi connectivity index (χ3n) is 6.30. The SMILES string of the molecule is C[C@@H]1CN(c2nccc(C(=O)N[C@H](C)c3ccc(-c4cc(C(F)(F)F)ccc4CN)cc3)n2)C[C@@H](C)O1. The molecule has 1 aliphatic heterocycles. The summed E-state index contributed by atoms with van der Waals surface area (Å²) in [6.07, 6.45) is -2.82. The minimum atomic E-state index is -4.44. The fraction of sp³-hybridized carbons (Fsp3) is 0.370. The predicted molar refractivity (Wildman–Crippen MR) is 135 cm³/mol. The van der Waals surface area contributed by atoms with Crippen LogP contribution in [0.15, 0.2) is 54.7 Å². The number of hydrogen-bond acceptors (Lipinski definition) is 6. The quantitative estimate of drug-likeness (QED) is 0.495. The van der Waals surface area contributed by atoms with E-state index in [1.807, 2.05) is 25.7 Å². The van der Waals surface area contributed by atoms with Gasteiger partial charge in [0.15, 0.2) is 0 Å². The zero-order valence-electron chi connectivity index (χ0n) is 20.9. The molecule has 2 heterocycles. The van der Waals surface area contributed by atoms with Crippen molar-refractivity contribution in [1.82, 2.24) is 15.3 Å². The first-order valence-corrected chi connectivity index (χ1v) is 12.1. The van der Waals surface area contributed by atoms with Crippen LogP contribution < -0.4 is 16.0 Å². The molecule has 0 bridgehead atoms. The van der Waals surface area contributed by atoms with E-state index in [1.54, 1.807) is 36.5 Å². The van der Waals surface area contributed by atoms with Crippen LogP contribution in [0.4, 0.5) is 19.1 Å². The summed E-state index contributed by atoms with van der Waals surface area (Å²) < 4.78 is 45.4. The summed E-state index contributed by atoms with van der Waals surface area (Å²) in [6.45, 7) is 7.18. The van der Waals surface area contributed by atoms with E-state index in [4.69, 9.17) is 10.5 Å². The van der Waals surface area contributed by atoms with Gasteiger partial charge in [0.2, 0.25) is 5.95 Å². The fourth-order valence-corrected chi connectivity index (χ4v) is 4.47. The van der Waals surface area contributed by atoms with E-state index >= 15 is 0 Å². The van der Waals surface area contributed by atoms with Crippen molar-refractivity contribution in [3.63, 3.8) is 0 Å². The van der Waals surface area contributed by atoms with Crippen molar-refractivity contribution >= 4 is 11.9 Å². The van der Waals surface area contributed by atoms with Crippen molar-refractivity contribution in [3.05, 3.63) is 77.1 Å². The van der Waals surface area contributed by atoms with E-state index in [-0.39, 0.29) is 36.4 Å². The highest BCUT2D eigenvalue weighted by atomic mass is 19.4. The highest BCUT2D eigenvalue weighted by Gasteiger charge is 2.31. The second-order valence-corrected chi connectivity index (χ2v) is 9.30. The Balaban J connectivity index is 1.48. The number of benzene rings is 2. The Hall–Kier alpha value is -3.50. The van der Waals surface area contributed by atoms with Gasteiger partial charge in [-0.05, 0) is 61.2 Å². The van der Waals surface area contributed by atoms with Gasteiger partial charge in [0.25, 0.3) is 5.91 Å². The zero-order valence-corrected chi connectivity index (χ0v) is 20.9. The number of halogens is 3. The summed E-state index contributed by atoms with van der Waals surface area (Å²) in [7, 11) is 0. The van der Waals surface area contributed by atoms with Crippen LogP contribution in [0.5, 0.6) is 0 Å². The lowest BCUT2D eigenvalue weighted by Crippen LogP contribution is -2.46. The molecule has 0 aliphatic carbocycles. The molecule has 1 saturated heterocycles. The van der Waals surface area contributed by atoms with Crippen LogP contribution in [-0.2, 0) is 17.5 Å². The van der Waals surface area contributed by atoms with E-state index in [0.29, 0.717) is 35.7 Å². The minimum absolute atomic E-state index is 0.0321. The van der Waals surface area contributed by atoms with Crippen LogP contribution in [0.2, 0.25) is 0 Å². The van der Waals surface area contributed by atoms with Crippen molar-refractivity contribution in [3.8, 4) is 11.1 Å². The number of nitrogens with one attached hydrogen (secondary N) is 1. The highest BCUT2D eigenvalue weighted by Crippen LogP contribution is 2.34. The molecule has 37 heavy (non-hydrogen) atoms. The third kappa shape index (κ3) is 6.26. The van der Waals surface area contributed by atoms with Gasteiger partial charge in [-0.25, -0.2) is 9.97 Å². The molecule has 1 amide bonds. The molecule has 0 unspecified atom stereocenters. The summed E-state index contributed by atoms with van der Waals surface area (Å²) >= 11 is 0. The molecule has 1 aliphatic rings. The summed E-state index contributed by atoms with van der Waals surface area (Å²) in [5.41, 5.74) is 7.74. The molecule has 1 aromatic heterocycles. The number of rotatable bonds is 6. The fourth-order valence-electron chi connectivity index (χ4n) is 4.47. The van der Waals surface area contributed by atoms with Crippen molar-refractivity contribution < 1.29 is 22.7 Å². The number of nitrogens with two attached hydrogens (primary N) is 1. The van der Waals surface area contributed by atoms with E-state index in [0.717, 1.165) is 17.7 Å². The maximum absolute atomic E-state index is 13.2. The van der Waals surface area contributed by atoms with E-state index in [1.165, 1.54) is 6.07 Å². The van der Waals surface area contributed by atoms with Crippen LogP contribution in [0, 0.1) is 0 Å². The number of amides is 1. The number of anilines is 1. The summed E-state index contributed by atoms with van der Waals surface area (Å²) in [5.74, 6) is 0.126. The Morgan fingerprint density at radius 2 is 1.81 bits per heavy atom. The summed E-state index contributed by atoms with van der Waals surface area (Å²) in [5, 5.41) is 2.93. The molecule has 3 N–H and O–H groups in total. The average molecular weight is 514 g/mol. The van der Waals surface area contributed by atoms with Crippen molar-refractivity contribution in [2.45, 2.75) is 51.7 Å². The van der Waals surface area contributed by atoms with Crippen LogP contribution in [0.1, 0.15) is 54.0 Å². The lowest BCUT2D eigenvalue weighted by molar-refractivity contribution is -0.137. The largest absolute Gasteiger partial charge is 0.416 e. The lowest BCUT2D eigenvalue weighted by Gasteiger charge is -2.35. The number of nitrogens with zero attached hydrogens (tertiary/aromatic N) is 3. The second kappa shape index (κ2) is 10.9. The average Bonchev–Trinajstić information content (AvgIpc) is 2.87. The molecule has 10 heteroatoms. The van der Waals surface area contributed by atoms with E-state index in [2.05, 4.69) is 15.3 Å². The van der Waals surface area contributed by atoms with Crippen molar-refractivity contribution in [2.24, 2.45) is 5.73 Å². The molecule has 7 nitrogen and oxygen atoms in total. The Kier molecular flexibility index (Phi) is 7.79. The number of carbonyl (C=O) groups excluding carboxylic acids is 1. The first kappa shape index (κ1) is 26.6. The van der Waals surface area contributed by atoms with Crippen molar-refractivity contribution in [1.29, 1.82) is 0 Å². The topological polar surface area (TPSA) is 93.4 Å². The Morgan fingerprint density at radius 3 is 2.43 bits per heavy atom. The van der Waals surface area contributed by atoms with Crippen molar-refractivity contribution in [2.75, 3.05) is 18.0 Å². The maximum atomic E-state index is 13.2. The predicted octanol–water partition coefficient (Wildman–Crippen LogP) is 4.73. The van der Waals surface area contributed by atoms with E-state index in [9.17, 15) is 18.0 Å². The summed E-state index contributed by atoms with van der Waals surface area (Å²) in [4.78, 5) is 23.7. The first-order chi connectivity index (χ1) is 17.5. The van der Waals surface area contributed by atoms with Crippen LogP contribution in [0.25, 0.3) is 11.1 Å².